The van der Waals surface area contributed by atoms with E-state index in [9.17, 15) is 9.59 Å². The molecule has 0 atom stereocenters. The van der Waals surface area contributed by atoms with Crippen molar-refractivity contribution in [3.8, 4) is 0 Å². The van der Waals surface area contributed by atoms with Gasteiger partial charge in [0.2, 0.25) is 5.78 Å². The van der Waals surface area contributed by atoms with Gasteiger partial charge in [-0.25, -0.2) is 0 Å². The van der Waals surface area contributed by atoms with Gasteiger partial charge in [0, 0.05) is 29.6 Å². The van der Waals surface area contributed by atoms with Crippen LogP contribution in [-0.4, -0.2) is 16.5 Å². The zero-order valence-electron chi connectivity index (χ0n) is 12.8. The van der Waals surface area contributed by atoms with Gasteiger partial charge in [-0.2, -0.15) is 0 Å². The average Bonchev–Trinajstić information content (AvgIpc) is 2.66. The average molecular weight is 315 g/mol. The molecule has 0 bridgehead atoms. The second kappa shape index (κ2) is 5.76. The molecule has 1 aromatic carbocycles. The maximum atomic E-state index is 12.7. The Balaban J connectivity index is 1.65. The molecule has 4 heteroatoms. The molecule has 3 aliphatic rings. The van der Waals surface area contributed by atoms with Crippen LogP contribution in [0.2, 0.25) is 0 Å². The number of allylic oxidation sites excluding steroid dienone is 8. The molecule has 2 aliphatic heterocycles. The normalized spacial score (nSPS) is 19.0. The van der Waals surface area contributed by atoms with Crippen LogP contribution in [0.1, 0.15) is 20.7 Å². The molecule has 2 heterocycles. The van der Waals surface area contributed by atoms with Gasteiger partial charge in [-0.15, -0.1) is 0 Å². The fourth-order valence-electron chi connectivity index (χ4n) is 2.90. The van der Waals surface area contributed by atoms with Crippen LogP contribution in [-0.2, 0) is 0 Å². The quantitative estimate of drug-likeness (QED) is 0.864. The van der Waals surface area contributed by atoms with E-state index < -0.39 is 0 Å². The summed E-state index contributed by atoms with van der Waals surface area (Å²) in [5.41, 5.74) is 3.46. The van der Waals surface area contributed by atoms with Crippen LogP contribution < -0.4 is 5.32 Å². The van der Waals surface area contributed by atoms with E-state index in [0.717, 1.165) is 11.1 Å². The first-order valence-corrected chi connectivity index (χ1v) is 7.71. The highest BCUT2D eigenvalue weighted by molar-refractivity contribution is 6.24. The summed E-state index contributed by atoms with van der Waals surface area (Å²) in [6.07, 6.45) is 16.9. The lowest BCUT2D eigenvalue weighted by atomic mass is 9.92. The number of benzene rings is 1. The minimum Gasteiger partial charge on any atom is -0.320 e. The lowest BCUT2D eigenvalue weighted by Gasteiger charge is -2.24. The van der Waals surface area contributed by atoms with E-state index in [1.807, 2.05) is 54.4 Å². The molecular formula is C20H15N2O2+. The minimum absolute atomic E-state index is 0.136. The molecule has 4 nitrogen and oxygen atoms in total. The van der Waals surface area contributed by atoms with E-state index in [4.69, 9.17) is 0 Å². The summed E-state index contributed by atoms with van der Waals surface area (Å²) in [5.74, 6) is -0.275. The molecule has 1 aliphatic carbocycles. The van der Waals surface area contributed by atoms with Crippen LogP contribution in [0.15, 0.2) is 96.3 Å². The summed E-state index contributed by atoms with van der Waals surface area (Å²) in [6.45, 7) is 0. The molecule has 0 spiro atoms. The highest BCUT2D eigenvalue weighted by atomic mass is 16.1. The van der Waals surface area contributed by atoms with Crippen molar-refractivity contribution in [1.82, 2.24) is 4.90 Å². The first kappa shape index (κ1) is 14.4. The van der Waals surface area contributed by atoms with Gasteiger partial charge in [0.05, 0.1) is 18.1 Å². The number of rotatable bonds is 1. The van der Waals surface area contributed by atoms with Gasteiger partial charge >= 0.3 is 0 Å². The standard InChI is InChI=1S/C20H14N2O2/c23-19-13-18(20(24)17-4-2-1-3-16(17)19)22-11-7-15(8-12-22)14-5-9-21-10-6-14/h1-13,21H/p+1. The lowest BCUT2D eigenvalue weighted by Crippen LogP contribution is -2.71. The topological polar surface area (TPSA) is 54.0 Å². The van der Waals surface area contributed by atoms with Gasteiger partial charge in [0.25, 0.3) is 0 Å². The van der Waals surface area contributed by atoms with Crippen LogP contribution in [0.5, 0.6) is 0 Å². The number of quaternary nitrogens is 1. The third kappa shape index (κ3) is 2.39. The molecule has 0 unspecified atom stereocenters. The van der Waals surface area contributed by atoms with Crippen molar-refractivity contribution in [2.75, 3.05) is 0 Å². The second-order valence-electron chi connectivity index (χ2n) is 5.63. The number of carbonyl (C=O) groups excluding carboxylic acids is 2. The molecule has 0 saturated carbocycles. The van der Waals surface area contributed by atoms with Gasteiger partial charge in [-0.1, -0.05) is 24.3 Å². The van der Waals surface area contributed by atoms with E-state index in [0.29, 0.717) is 16.8 Å². The van der Waals surface area contributed by atoms with Crippen molar-refractivity contribution in [2.24, 2.45) is 0 Å². The Morgan fingerprint density at radius 2 is 1.42 bits per heavy atom. The Labute approximate surface area is 139 Å². The van der Waals surface area contributed by atoms with Crippen molar-refractivity contribution >= 4 is 11.6 Å². The van der Waals surface area contributed by atoms with E-state index in [-0.39, 0.29) is 11.6 Å². The first-order chi connectivity index (χ1) is 11.7. The van der Waals surface area contributed by atoms with Gasteiger partial charge in [0.1, 0.15) is 0 Å². The maximum Gasteiger partial charge on any atom is 0.210 e. The number of nitrogens with zero attached hydrogens (tertiary/aromatic N) is 1. The molecule has 0 aromatic heterocycles. The van der Waals surface area contributed by atoms with Crippen LogP contribution in [0.4, 0.5) is 0 Å². The third-order valence-electron chi connectivity index (χ3n) is 4.15. The molecule has 0 saturated heterocycles. The van der Waals surface area contributed by atoms with Crippen molar-refractivity contribution in [2.45, 2.75) is 0 Å². The van der Waals surface area contributed by atoms with E-state index in [1.54, 1.807) is 29.2 Å². The molecule has 2 N–H and O–H groups in total. The van der Waals surface area contributed by atoms with Gasteiger partial charge in [-0.3, -0.25) is 14.9 Å². The second-order valence-corrected chi connectivity index (χ2v) is 5.63. The molecule has 116 valence electrons. The van der Waals surface area contributed by atoms with Crippen molar-refractivity contribution in [1.29, 1.82) is 0 Å². The van der Waals surface area contributed by atoms with Gasteiger partial charge < -0.3 is 4.90 Å². The number of ketones is 2. The fraction of sp³-hybridized carbons (Fsp3) is 0. The monoisotopic (exact) mass is 315 g/mol. The summed E-state index contributed by atoms with van der Waals surface area (Å²) in [6, 6.07) is 6.92. The van der Waals surface area contributed by atoms with Crippen molar-refractivity contribution in [3.63, 3.8) is 0 Å². The summed E-state index contributed by atoms with van der Waals surface area (Å²) in [5, 5.41) is 1.97. The van der Waals surface area contributed by atoms with Crippen LogP contribution >= 0.6 is 0 Å². The Hall–Kier alpha value is -3.24. The van der Waals surface area contributed by atoms with Crippen LogP contribution in [0.25, 0.3) is 0 Å². The Morgan fingerprint density at radius 3 is 2.12 bits per heavy atom. The van der Waals surface area contributed by atoms with Crippen LogP contribution in [0.3, 0.4) is 0 Å². The summed E-state index contributed by atoms with van der Waals surface area (Å²) >= 11 is 0. The predicted octanol–water partition coefficient (Wildman–Crippen LogP) is 2.19. The lowest BCUT2D eigenvalue weighted by molar-refractivity contribution is -0.515. The molecule has 1 aromatic rings. The summed E-state index contributed by atoms with van der Waals surface area (Å²) < 4.78 is 0. The Bertz CT molecular complexity index is 897. The third-order valence-corrected chi connectivity index (χ3v) is 4.15. The number of hydrogen-bond acceptors (Lipinski definition) is 3. The number of carbonyl (C=O) groups is 2. The largest absolute Gasteiger partial charge is 0.320 e. The zero-order valence-corrected chi connectivity index (χ0v) is 12.8. The number of fused-ring (bicyclic) bond motifs is 1. The summed E-state index contributed by atoms with van der Waals surface area (Å²) in [7, 11) is 0. The SMILES string of the molecule is O=C1C=C(N2C=CC(=C3C=C[NH2+]C=C3)C=C2)C(=O)c2ccccc21. The minimum atomic E-state index is -0.139. The smallest absolute Gasteiger partial charge is 0.210 e. The molecule has 24 heavy (non-hydrogen) atoms. The van der Waals surface area contributed by atoms with Gasteiger partial charge in [0.15, 0.2) is 5.78 Å². The van der Waals surface area contributed by atoms with Crippen molar-refractivity contribution in [3.05, 3.63) is 107 Å². The van der Waals surface area contributed by atoms with Gasteiger partial charge in [-0.05, 0) is 35.5 Å². The Kier molecular flexibility index (Phi) is 3.44. The first-order valence-electron chi connectivity index (χ1n) is 7.71. The molecule has 0 amide bonds. The highest BCUT2D eigenvalue weighted by Gasteiger charge is 2.27. The van der Waals surface area contributed by atoms with E-state index >= 15 is 0 Å². The molecular weight excluding hydrogens is 300 g/mol. The maximum absolute atomic E-state index is 12.7. The molecule has 0 radical (unpaired) electrons. The summed E-state index contributed by atoms with van der Waals surface area (Å²) in [4.78, 5) is 26.6. The number of Topliss-reactive ketones (excluding diaryl/α,β-unsaturated/α-hetero) is 1. The van der Waals surface area contributed by atoms with Crippen molar-refractivity contribution < 1.29 is 14.9 Å². The Morgan fingerprint density at radius 1 is 0.792 bits per heavy atom. The predicted molar refractivity (Wildman–Crippen MR) is 90.5 cm³/mol. The highest BCUT2D eigenvalue weighted by Crippen LogP contribution is 2.26. The van der Waals surface area contributed by atoms with Crippen LogP contribution in [0, 0.1) is 0 Å². The zero-order chi connectivity index (χ0) is 16.5. The number of nitrogens with two attached hydrogens (primary N) is 1. The number of hydrogen-bond donors (Lipinski definition) is 1. The molecule has 4 rings (SSSR count). The van der Waals surface area contributed by atoms with E-state index in [2.05, 4.69) is 0 Å². The fourth-order valence-corrected chi connectivity index (χ4v) is 2.90. The molecule has 0 fully saturated rings. The van der Waals surface area contributed by atoms with E-state index in [1.165, 1.54) is 6.08 Å².